The average molecular weight is 288 g/mol. The summed E-state index contributed by atoms with van der Waals surface area (Å²) in [7, 11) is 0. The highest BCUT2D eigenvalue weighted by Gasteiger charge is 2.02. The Bertz CT molecular complexity index is 533. The number of ether oxygens (including phenoxy) is 1. The Morgan fingerprint density at radius 2 is 2.00 bits per heavy atom. The molecule has 114 valence electrons. The highest BCUT2D eigenvalue weighted by molar-refractivity contribution is 5.27. The fourth-order valence-electron chi connectivity index (χ4n) is 2.03. The first-order valence-electron chi connectivity index (χ1n) is 7.49. The second-order valence-corrected chi connectivity index (χ2v) is 5.51. The second kappa shape index (κ2) is 7.78. The molecule has 0 aliphatic carbocycles. The molecular formula is C16H24N4O. The zero-order valence-electron chi connectivity index (χ0n) is 13.0. The van der Waals surface area contributed by atoms with Gasteiger partial charge >= 0.3 is 0 Å². The molecule has 0 fully saturated rings. The van der Waals surface area contributed by atoms with Gasteiger partial charge in [-0.3, -0.25) is 0 Å². The minimum Gasteiger partial charge on any atom is -0.494 e. The van der Waals surface area contributed by atoms with E-state index >= 15 is 0 Å². The van der Waals surface area contributed by atoms with E-state index in [9.17, 15) is 0 Å². The van der Waals surface area contributed by atoms with Gasteiger partial charge in [0.15, 0.2) is 0 Å². The molecule has 0 saturated heterocycles. The lowest BCUT2D eigenvalue weighted by molar-refractivity contribution is 0.340. The molecule has 21 heavy (non-hydrogen) atoms. The standard InChI is InChI=1S/C16H24N4O/c1-4-21-16-7-5-14(6-8-16)11-20-12-15(18-19-20)10-17-9-13(2)3/h5-8,12-13,17H,4,9-11H2,1-3H3. The van der Waals surface area contributed by atoms with E-state index in [1.807, 2.05) is 29.9 Å². The number of nitrogens with one attached hydrogen (secondary N) is 1. The van der Waals surface area contributed by atoms with Gasteiger partial charge in [-0.05, 0) is 37.1 Å². The molecule has 0 unspecified atom stereocenters. The smallest absolute Gasteiger partial charge is 0.119 e. The van der Waals surface area contributed by atoms with Crippen molar-refractivity contribution in [3.63, 3.8) is 0 Å². The van der Waals surface area contributed by atoms with Crippen molar-refractivity contribution in [2.45, 2.75) is 33.9 Å². The topological polar surface area (TPSA) is 52.0 Å². The highest BCUT2D eigenvalue weighted by atomic mass is 16.5. The first kappa shape index (κ1) is 15.5. The zero-order valence-corrected chi connectivity index (χ0v) is 13.0. The quantitative estimate of drug-likeness (QED) is 0.811. The lowest BCUT2D eigenvalue weighted by Gasteiger charge is -2.05. The van der Waals surface area contributed by atoms with Crippen molar-refractivity contribution in [3.05, 3.63) is 41.7 Å². The van der Waals surface area contributed by atoms with Crippen molar-refractivity contribution >= 4 is 0 Å². The van der Waals surface area contributed by atoms with E-state index in [1.165, 1.54) is 5.56 Å². The van der Waals surface area contributed by atoms with Crippen LogP contribution in [0.1, 0.15) is 32.0 Å². The molecule has 0 spiro atoms. The molecule has 0 radical (unpaired) electrons. The number of hydrogen-bond donors (Lipinski definition) is 1. The van der Waals surface area contributed by atoms with Crippen molar-refractivity contribution in [1.29, 1.82) is 0 Å². The van der Waals surface area contributed by atoms with Crippen molar-refractivity contribution in [1.82, 2.24) is 20.3 Å². The Hall–Kier alpha value is -1.88. The summed E-state index contributed by atoms with van der Waals surface area (Å²) < 4.78 is 7.30. The zero-order chi connectivity index (χ0) is 15.1. The normalized spacial score (nSPS) is 11.0. The summed E-state index contributed by atoms with van der Waals surface area (Å²) in [4.78, 5) is 0. The van der Waals surface area contributed by atoms with Crippen LogP contribution >= 0.6 is 0 Å². The highest BCUT2D eigenvalue weighted by Crippen LogP contribution is 2.12. The molecule has 5 heteroatoms. The summed E-state index contributed by atoms with van der Waals surface area (Å²) in [5.74, 6) is 1.54. The summed E-state index contributed by atoms with van der Waals surface area (Å²) in [6, 6.07) is 8.09. The third kappa shape index (κ3) is 5.19. The van der Waals surface area contributed by atoms with Gasteiger partial charge in [0.25, 0.3) is 0 Å². The van der Waals surface area contributed by atoms with Gasteiger partial charge in [0.05, 0.1) is 25.0 Å². The Morgan fingerprint density at radius 1 is 1.24 bits per heavy atom. The summed E-state index contributed by atoms with van der Waals surface area (Å²) in [6.07, 6.45) is 1.99. The molecular weight excluding hydrogens is 264 g/mol. The Labute approximate surface area is 126 Å². The van der Waals surface area contributed by atoms with Crippen LogP contribution in [0, 0.1) is 5.92 Å². The van der Waals surface area contributed by atoms with E-state index in [1.54, 1.807) is 0 Å². The molecule has 2 aromatic rings. The maximum Gasteiger partial charge on any atom is 0.119 e. The molecule has 1 aromatic heterocycles. The van der Waals surface area contributed by atoms with E-state index in [0.29, 0.717) is 12.5 Å². The molecule has 0 aliphatic heterocycles. The summed E-state index contributed by atoms with van der Waals surface area (Å²) >= 11 is 0. The van der Waals surface area contributed by atoms with Gasteiger partial charge in [0, 0.05) is 6.54 Å². The first-order valence-corrected chi connectivity index (χ1v) is 7.49. The van der Waals surface area contributed by atoms with Crippen LogP contribution in [-0.2, 0) is 13.1 Å². The number of benzene rings is 1. The Kier molecular flexibility index (Phi) is 5.75. The van der Waals surface area contributed by atoms with Gasteiger partial charge < -0.3 is 10.1 Å². The lowest BCUT2D eigenvalue weighted by atomic mass is 10.2. The molecule has 2 rings (SSSR count). The van der Waals surface area contributed by atoms with Gasteiger partial charge in [-0.25, -0.2) is 4.68 Å². The van der Waals surface area contributed by atoms with Crippen LogP contribution in [-0.4, -0.2) is 28.1 Å². The third-order valence-electron chi connectivity index (χ3n) is 3.02. The molecule has 0 bridgehead atoms. The van der Waals surface area contributed by atoms with Gasteiger partial charge in [-0.15, -0.1) is 5.10 Å². The summed E-state index contributed by atoms with van der Waals surface area (Å²) in [5.41, 5.74) is 2.16. The van der Waals surface area contributed by atoms with Gasteiger partial charge in [0.2, 0.25) is 0 Å². The van der Waals surface area contributed by atoms with Crippen LogP contribution < -0.4 is 10.1 Å². The molecule has 1 heterocycles. The number of rotatable bonds is 8. The van der Waals surface area contributed by atoms with Crippen molar-refractivity contribution < 1.29 is 4.74 Å². The second-order valence-electron chi connectivity index (χ2n) is 5.51. The number of hydrogen-bond acceptors (Lipinski definition) is 4. The molecule has 5 nitrogen and oxygen atoms in total. The van der Waals surface area contributed by atoms with Crippen molar-refractivity contribution in [2.24, 2.45) is 5.92 Å². The SMILES string of the molecule is CCOc1ccc(Cn2cc(CNCC(C)C)nn2)cc1. The van der Waals surface area contributed by atoms with Gasteiger partial charge in [-0.1, -0.05) is 31.2 Å². The van der Waals surface area contributed by atoms with Crippen molar-refractivity contribution in [3.8, 4) is 5.75 Å². The van der Waals surface area contributed by atoms with Crippen LogP contribution in [0.2, 0.25) is 0 Å². The van der Waals surface area contributed by atoms with Crippen LogP contribution in [0.3, 0.4) is 0 Å². The molecule has 0 aliphatic rings. The van der Waals surface area contributed by atoms with E-state index in [4.69, 9.17) is 4.74 Å². The fourth-order valence-corrected chi connectivity index (χ4v) is 2.03. The van der Waals surface area contributed by atoms with E-state index in [2.05, 4.69) is 41.6 Å². The molecule has 0 saturated carbocycles. The van der Waals surface area contributed by atoms with E-state index in [0.717, 1.165) is 31.1 Å². The average Bonchev–Trinajstić information content (AvgIpc) is 2.88. The summed E-state index contributed by atoms with van der Waals surface area (Å²) in [6.45, 7) is 9.54. The molecule has 1 aromatic carbocycles. The largest absolute Gasteiger partial charge is 0.494 e. The van der Waals surface area contributed by atoms with Crippen LogP contribution in [0.15, 0.2) is 30.5 Å². The Morgan fingerprint density at radius 3 is 2.67 bits per heavy atom. The lowest BCUT2D eigenvalue weighted by Crippen LogP contribution is -2.19. The van der Waals surface area contributed by atoms with Crippen LogP contribution in [0.25, 0.3) is 0 Å². The first-order chi connectivity index (χ1) is 10.2. The summed E-state index contributed by atoms with van der Waals surface area (Å²) in [5, 5.41) is 11.7. The van der Waals surface area contributed by atoms with Crippen LogP contribution in [0.5, 0.6) is 5.75 Å². The number of aromatic nitrogens is 3. The molecule has 0 amide bonds. The molecule has 0 atom stereocenters. The maximum absolute atomic E-state index is 5.44. The van der Waals surface area contributed by atoms with Gasteiger partial charge in [-0.2, -0.15) is 0 Å². The maximum atomic E-state index is 5.44. The number of nitrogens with zero attached hydrogens (tertiary/aromatic N) is 3. The molecule has 1 N–H and O–H groups in total. The predicted octanol–water partition coefficient (Wildman–Crippen LogP) is 2.47. The van der Waals surface area contributed by atoms with E-state index < -0.39 is 0 Å². The fraction of sp³-hybridized carbons (Fsp3) is 0.500. The minimum absolute atomic E-state index is 0.642. The third-order valence-corrected chi connectivity index (χ3v) is 3.02. The van der Waals surface area contributed by atoms with Gasteiger partial charge in [0.1, 0.15) is 5.75 Å². The minimum atomic E-state index is 0.642. The Balaban J connectivity index is 1.86. The van der Waals surface area contributed by atoms with Crippen LogP contribution in [0.4, 0.5) is 0 Å². The van der Waals surface area contributed by atoms with E-state index in [-0.39, 0.29) is 0 Å². The predicted molar refractivity (Wildman–Crippen MR) is 83.3 cm³/mol. The van der Waals surface area contributed by atoms with Crippen molar-refractivity contribution in [2.75, 3.05) is 13.2 Å². The monoisotopic (exact) mass is 288 g/mol.